The second-order valence-corrected chi connectivity index (χ2v) is 3.32. The number of hydrogen-bond donors (Lipinski definition) is 1. The molecule has 2 rings (SSSR count). The minimum absolute atomic E-state index is 0.231. The summed E-state index contributed by atoms with van der Waals surface area (Å²) in [6.45, 7) is 0.245. The Hall–Kier alpha value is -0.650. The van der Waals surface area contributed by atoms with Gasteiger partial charge in [0, 0.05) is 12.1 Å². The zero-order valence-corrected chi connectivity index (χ0v) is 7.66. The molecule has 1 aliphatic heterocycles. The predicted molar refractivity (Wildman–Crippen MR) is 46.9 cm³/mol. The first-order valence-electron chi connectivity index (χ1n) is 3.05. The van der Waals surface area contributed by atoms with Crippen molar-refractivity contribution in [2.45, 2.75) is 0 Å². The lowest BCUT2D eigenvalue weighted by Gasteiger charge is -1.98. The van der Waals surface area contributed by atoms with Crippen molar-refractivity contribution in [1.82, 2.24) is 0 Å². The average molecular weight is 264 g/mol. The molecule has 1 aliphatic rings. The van der Waals surface area contributed by atoms with Gasteiger partial charge < -0.3 is 14.6 Å². The van der Waals surface area contributed by atoms with Crippen molar-refractivity contribution < 1.29 is 14.6 Å². The van der Waals surface area contributed by atoms with Crippen LogP contribution in [-0.2, 0) is 0 Å². The fourth-order valence-electron chi connectivity index (χ4n) is 0.906. The molecule has 0 spiro atoms. The fraction of sp³-hybridized carbons (Fsp3) is 0.143. The van der Waals surface area contributed by atoms with Crippen molar-refractivity contribution in [3.8, 4) is 17.2 Å². The summed E-state index contributed by atoms with van der Waals surface area (Å²) in [5.74, 6) is 1.55. The van der Waals surface area contributed by atoms with Crippen LogP contribution in [-0.4, -0.2) is 11.9 Å². The third-order valence-corrected chi connectivity index (χ3v) is 2.31. The van der Waals surface area contributed by atoms with E-state index in [0.29, 0.717) is 11.5 Å². The molecule has 1 aromatic rings. The number of aromatic hydroxyl groups is 1. The molecule has 0 aliphatic carbocycles. The molecular formula is C7H5IO3. The van der Waals surface area contributed by atoms with Crippen LogP contribution in [0.25, 0.3) is 0 Å². The highest BCUT2D eigenvalue weighted by Crippen LogP contribution is 2.37. The van der Waals surface area contributed by atoms with Gasteiger partial charge in [0.1, 0.15) is 5.75 Å². The van der Waals surface area contributed by atoms with Crippen molar-refractivity contribution >= 4 is 22.6 Å². The maximum absolute atomic E-state index is 9.24. The number of benzene rings is 1. The topological polar surface area (TPSA) is 38.7 Å². The van der Waals surface area contributed by atoms with Gasteiger partial charge in [0.15, 0.2) is 11.5 Å². The van der Waals surface area contributed by atoms with Gasteiger partial charge >= 0.3 is 0 Å². The van der Waals surface area contributed by atoms with Gasteiger partial charge in [-0.05, 0) is 22.6 Å². The number of hydrogen-bond acceptors (Lipinski definition) is 3. The molecule has 1 aromatic carbocycles. The van der Waals surface area contributed by atoms with E-state index in [-0.39, 0.29) is 12.5 Å². The van der Waals surface area contributed by atoms with E-state index in [9.17, 15) is 5.11 Å². The van der Waals surface area contributed by atoms with Crippen molar-refractivity contribution in [3.63, 3.8) is 0 Å². The molecule has 0 bridgehead atoms. The summed E-state index contributed by atoms with van der Waals surface area (Å²) < 4.78 is 10.9. The highest BCUT2D eigenvalue weighted by molar-refractivity contribution is 14.1. The lowest BCUT2D eigenvalue weighted by Crippen LogP contribution is -1.92. The SMILES string of the molecule is Oc1cc2c(cc1I)OCO2. The van der Waals surface area contributed by atoms with Crippen molar-refractivity contribution in [1.29, 1.82) is 0 Å². The second kappa shape index (κ2) is 2.44. The third kappa shape index (κ3) is 1.11. The van der Waals surface area contributed by atoms with Crippen LogP contribution in [0.5, 0.6) is 17.2 Å². The first kappa shape index (κ1) is 7.02. The number of ether oxygens (including phenoxy) is 2. The Labute approximate surface area is 77.1 Å². The van der Waals surface area contributed by atoms with Crippen LogP contribution in [0.2, 0.25) is 0 Å². The van der Waals surface area contributed by atoms with Gasteiger partial charge in [0.25, 0.3) is 0 Å². The van der Waals surface area contributed by atoms with Crippen LogP contribution >= 0.6 is 22.6 Å². The summed E-state index contributed by atoms with van der Waals surface area (Å²) in [5, 5.41) is 9.24. The van der Waals surface area contributed by atoms with E-state index in [2.05, 4.69) is 0 Å². The van der Waals surface area contributed by atoms with E-state index in [1.165, 1.54) is 0 Å². The first-order chi connectivity index (χ1) is 5.27. The van der Waals surface area contributed by atoms with Crippen LogP contribution in [0.1, 0.15) is 0 Å². The quantitative estimate of drug-likeness (QED) is 0.725. The Morgan fingerprint density at radius 3 is 2.64 bits per heavy atom. The first-order valence-corrected chi connectivity index (χ1v) is 4.13. The minimum Gasteiger partial charge on any atom is -0.507 e. The summed E-state index contributed by atoms with van der Waals surface area (Å²) >= 11 is 2.03. The van der Waals surface area contributed by atoms with Crippen LogP contribution in [0.3, 0.4) is 0 Å². The summed E-state index contributed by atoms with van der Waals surface area (Å²) in [5.41, 5.74) is 0. The molecule has 4 heteroatoms. The van der Waals surface area contributed by atoms with Crippen molar-refractivity contribution in [3.05, 3.63) is 15.7 Å². The summed E-state index contributed by atoms with van der Waals surface area (Å²) in [4.78, 5) is 0. The van der Waals surface area contributed by atoms with E-state index in [0.717, 1.165) is 3.57 Å². The Bertz CT molecular complexity index is 269. The zero-order valence-electron chi connectivity index (χ0n) is 5.50. The molecule has 0 saturated heterocycles. The molecule has 0 amide bonds. The van der Waals surface area contributed by atoms with Gasteiger partial charge in [-0.2, -0.15) is 0 Å². The standard InChI is InChI=1S/C7H5IO3/c8-4-1-6-7(2-5(4)9)11-3-10-6/h1-2,9H,3H2. The van der Waals surface area contributed by atoms with Crippen LogP contribution in [0, 0.1) is 3.57 Å². The van der Waals surface area contributed by atoms with E-state index in [1.54, 1.807) is 12.1 Å². The normalized spacial score (nSPS) is 13.5. The Kier molecular flexibility index (Phi) is 1.56. The van der Waals surface area contributed by atoms with Crippen molar-refractivity contribution in [2.24, 2.45) is 0 Å². The highest BCUT2D eigenvalue weighted by atomic mass is 127. The van der Waals surface area contributed by atoms with Crippen LogP contribution in [0.4, 0.5) is 0 Å². The molecule has 0 unspecified atom stereocenters. The minimum atomic E-state index is 0.231. The lowest BCUT2D eigenvalue weighted by atomic mass is 10.3. The number of phenols is 1. The van der Waals surface area contributed by atoms with Crippen molar-refractivity contribution in [2.75, 3.05) is 6.79 Å². The summed E-state index contributed by atoms with van der Waals surface area (Å²) in [7, 11) is 0. The largest absolute Gasteiger partial charge is 0.507 e. The molecule has 0 radical (unpaired) electrons. The van der Waals surface area contributed by atoms with Gasteiger partial charge in [-0.3, -0.25) is 0 Å². The summed E-state index contributed by atoms with van der Waals surface area (Å²) in [6, 6.07) is 3.31. The maximum atomic E-state index is 9.24. The predicted octanol–water partition coefficient (Wildman–Crippen LogP) is 1.73. The monoisotopic (exact) mass is 264 g/mol. The molecule has 0 fully saturated rings. The van der Waals surface area contributed by atoms with E-state index >= 15 is 0 Å². The van der Waals surface area contributed by atoms with Gasteiger partial charge in [0.2, 0.25) is 6.79 Å². The molecule has 1 heterocycles. The number of halogens is 1. The molecule has 3 nitrogen and oxygen atoms in total. The highest BCUT2D eigenvalue weighted by Gasteiger charge is 2.15. The van der Waals surface area contributed by atoms with E-state index < -0.39 is 0 Å². The van der Waals surface area contributed by atoms with Crippen LogP contribution < -0.4 is 9.47 Å². The van der Waals surface area contributed by atoms with E-state index in [4.69, 9.17) is 9.47 Å². The molecule has 11 heavy (non-hydrogen) atoms. The number of phenolic OH excluding ortho intramolecular Hbond substituents is 1. The number of rotatable bonds is 0. The molecular weight excluding hydrogens is 259 g/mol. The summed E-state index contributed by atoms with van der Waals surface area (Å²) in [6.07, 6.45) is 0. The number of fused-ring (bicyclic) bond motifs is 1. The van der Waals surface area contributed by atoms with Crippen LogP contribution in [0.15, 0.2) is 12.1 Å². The van der Waals surface area contributed by atoms with Gasteiger partial charge in [0.05, 0.1) is 3.57 Å². The fourth-order valence-corrected chi connectivity index (χ4v) is 1.34. The Morgan fingerprint density at radius 2 is 1.91 bits per heavy atom. The molecule has 0 saturated carbocycles. The maximum Gasteiger partial charge on any atom is 0.231 e. The van der Waals surface area contributed by atoms with Gasteiger partial charge in [-0.15, -0.1) is 0 Å². The molecule has 0 aromatic heterocycles. The smallest absolute Gasteiger partial charge is 0.231 e. The average Bonchev–Trinajstić information content (AvgIpc) is 2.36. The zero-order chi connectivity index (χ0) is 7.84. The molecule has 1 N–H and O–H groups in total. The third-order valence-electron chi connectivity index (χ3n) is 1.44. The molecule has 58 valence electrons. The van der Waals surface area contributed by atoms with E-state index in [1.807, 2.05) is 22.6 Å². The molecule has 0 atom stereocenters. The lowest BCUT2D eigenvalue weighted by molar-refractivity contribution is 0.174. The Morgan fingerprint density at radius 1 is 1.27 bits per heavy atom. The van der Waals surface area contributed by atoms with Gasteiger partial charge in [-0.25, -0.2) is 0 Å². The van der Waals surface area contributed by atoms with Gasteiger partial charge in [-0.1, -0.05) is 0 Å². The second-order valence-electron chi connectivity index (χ2n) is 2.16. The Balaban J connectivity index is 2.57.